The molecule has 2 aromatic rings. The molecule has 2 aliphatic heterocycles. The van der Waals surface area contributed by atoms with Gasteiger partial charge >= 0.3 is 0 Å². The van der Waals surface area contributed by atoms with Crippen molar-refractivity contribution >= 4 is 11.5 Å². The number of Topliss-reactive ketones (excluding diaryl/α,β-unsaturated/α-hetero) is 1. The number of hydrogen-bond donors (Lipinski definition) is 0. The van der Waals surface area contributed by atoms with Crippen molar-refractivity contribution in [2.24, 2.45) is 17.0 Å². The average molecular weight is 425 g/mol. The average Bonchev–Trinajstić information content (AvgIpc) is 3.44. The van der Waals surface area contributed by atoms with Crippen LogP contribution in [0.4, 0.5) is 0 Å². The number of carbonyl (C=O) groups is 1. The van der Waals surface area contributed by atoms with Crippen LogP contribution in [0.25, 0.3) is 0 Å². The first-order valence-electron chi connectivity index (χ1n) is 10.0. The van der Waals surface area contributed by atoms with Crippen LogP contribution in [0.5, 0.6) is 28.7 Å². The molecule has 162 valence electrons. The molecule has 0 saturated carbocycles. The van der Waals surface area contributed by atoms with Crippen molar-refractivity contribution in [3.63, 3.8) is 0 Å². The number of rotatable bonds is 5. The minimum absolute atomic E-state index is 0.0604. The number of ketones is 1. The van der Waals surface area contributed by atoms with Gasteiger partial charge in [0.05, 0.1) is 33.0 Å². The van der Waals surface area contributed by atoms with Gasteiger partial charge in [-0.05, 0) is 42.3 Å². The molecule has 3 atom stereocenters. The molecule has 2 aromatic carbocycles. The lowest BCUT2D eigenvalue weighted by molar-refractivity contribution is -0.122. The number of fused-ring (bicyclic) bond motifs is 4. The fourth-order valence-corrected chi connectivity index (χ4v) is 4.90. The fraction of sp³-hybridized carbons (Fsp3) is 0.391. The quantitative estimate of drug-likeness (QED) is 0.728. The zero-order valence-corrected chi connectivity index (χ0v) is 17.8. The molecule has 0 spiro atoms. The summed E-state index contributed by atoms with van der Waals surface area (Å²) in [6.07, 6.45) is 0. The molecule has 8 nitrogen and oxygen atoms in total. The van der Waals surface area contributed by atoms with Crippen molar-refractivity contribution < 1.29 is 33.3 Å². The summed E-state index contributed by atoms with van der Waals surface area (Å²) in [4.78, 5) is 18.4. The van der Waals surface area contributed by atoms with Gasteiger partial charge < -0.3 is 28.5 Å². The first-order chi connectivity index (χ1) is 15.1. The van der Waals surface area contributed by atoms with Crippen molar-refractivity contribution in [3.8, 4) is 28.7 Å². The topological polar surface area (TPSA) is 84.8 Å². The highest BCUT2D eigenvalue weighted by molar-refractivity contribution is 6.08. The highest BCUT2D eigenvalue weighted by Gasteiger charge is 2.47. The van der Waals surface area contributed by atoms with E-state index in [0.29, 0.717) is 35.4 Å². The van der Waals surface area contributed by atoms with Crippen LogP contribution < -0.4 is 23.7 Å². The van der Waals surface area contributed by atoms with E-state index in [1.54, 1.807) is 28.3 Å². The van der Waals surface area contributed by atoms with Crippen LogP contribution in [0.2, 0.25) is 0 Å². The lowest BCUT2D eigenvalue weighted by Gasteiger charge is -2.36. The molecule has 0 saturated heterocycles. The van der Waals surface area contributed by atoms with Gasteiger partial charge in [0.15, 0.2) is 23.0 Å². The maximum absolute atomic E-state index is 12.9. The molecule has 0 fully saturated rings. The van der Waals surface area contributed by atoms with E-state index in [0.717, 1.165) is 22.4 Å². The molecule has 2 heterocycles. The lowest BCUT2D eigenvalue weighted by Crippen LogP contribution is -2.39. The first kappa shape index (κ1) is 19.5. The Kier molecular flexibility index (Phi) is 4.64. The summed E-state index contributed by atoms with van der Waals surface area (Å²) in [5.41, 5.74) is 3.49. The third-order valence-electron chi connectivity index (χ3n) is 6.23. The summed E-state index contributed by atoms with van der Waals surface area (Å²) >= 11 is 0. The molecule has 3 aliphatic rings. The number of benzene rings is 2. The van der Waals surface area contributed by atoms with E-state index in [2.05, 4.69) is 5.16 Å². The highest BCUT2D eigenvalue weighted by atomic mass is 16.7. The molecule has 0 N–H and O–H groups in total. The van der Waals surface area contributed by atoms with Crippen molar-refractivity contribution in [1.82, 2.24) is 0 Å². The molecule has 0 bridgehead atoms. The van der Waals surface area contributed by atoms with Gasteiger partial charge in [0, 0.05) is 17.4 Å². The number of carbonyl (C=O) groups excluding carboxylic acids is 1. The molecule has 0 radical (unpaired) electrons. The highest BCUT2D eigenvalue weighted by Crippen LogP contribution is 2.52. The van der Waals surface area contributed by atoms with Crippen molar-refractivity contribution in [1.29, 1.82) is 0 Å². The van der Waals surface area contributed by atoms with E-state index in [-0.39, 0.29) is 30.3 Å². The minimum atomic E-state index is -0.364. The van der Waals surface area contributed by atoms with Crippen LogP contribution in [0, 0.1) is 11.8 Å². The summed E-state index contributed by atoms with van der Waals surface area (Å²) in [6.45, 7) is 2.13. The van der Waals surface area contributed by atoms with Crippen molar-refractivity contribution in [3.05, 3.63) is 41.0 Å². The smallest absolute Gasteiger partial charge is 0.231 e. The van der Waals surface area contributed by atoms with Gasteiger partial charge in [0.1, 0.15) is 12.4 Å². The Hall–Kier alpha value is -3.42. The van der Waals surface area contributed by atoms with E-state index < -0.39 is 0 Å². The molecule has 5 rings (SSSR count). The Morgan fingerprint density at radius 3 is 2.29 bits per heavy atom. The third kappa shape index (κ3) is 2.89. The van der Waals surface area contributed by atoms with Gasteiger partial charge in [0.25, 0.3) is 0 Å². The number of nitrogens with zero attached hydrogens (tertiary/aromatic N) is 1. The number of ether oxygens (including phenoxy) is 5. The van der Waals surface area contributed by atoms with Crippen LogP contribution in [0.1, 0.15) is 29.5 Å². The molecule has 1 aliphatic carbocycles. The van der Waals surface area contributed by atoms with Gasteiger partial charge in [-0.15, -0.1) is 0 Å². The molecule has 0 aromatic heterocycles. The van der Waals surface area contributed by atoms with Gasteiger partial charge in [-0.1, -0.05) is 5.16 Å². The Balaban J connectivity index is 1.77. The van der Waals surface area contributed by atoms with Crippen molar-refractivity contribution in [2.45, 2.75) is 12.8 Å². The van der Waals surface area contributed by atoms with Crippen LogP contribution in [0.15, 0.2) is 29.4 Å². The second-order valence-electron chi connectivity index (χ2n) is 7.74. The standard InChI is InChI=1S/C23H23NO7/c1-11(25)20-15-9-31-24-22(15)14-8-17-16(29-10-30-17)7-13(14)21(20)12-5-18(26-2)23(28-4)19(6-12)27-3/h5-8,15,20-21H,9-10H2,1-4H3/t15-,20-,21+/m0/s1. The van der Waals surface area contributed by atoms with E-state index in [9.17, 15) is 4.79 Å². The monoisotopic (exact) mass is 425 g/mol. The summed E-state index contributed by atoms with van der Waals surface area (Å²) < 4.78 is 27.8. The Morgan fingerprint density at radius 2 is 1.68 bits per heavy atom. The minimum Gasteiger partial charge on any atom is -0.493 e. The fourth-order valence-electron chi connectivity index (χ4n) is 4.90. The molecule has 31 heavy (non-hydrogen) atoms. The molecular weight excluding hydrogens is 402 g/mol. The second kappa shape index (κ2) is 7.37. The van der Waals surface area contributed by atoms with E-state index in [1.165, 1.54) is 0 Å². The van der Waals surface area contributed by atoms with Gasteiger partial charge in [-0.3, -0.25) is 4.79 Å². The maximum Gasteiger partial charge on any atom is 0.231 e. The summed E-state index contributed by atoms with van der Waals surface area (Å²) in [6, 6.07) is 7.67. The predicted octanol–water partition coefficient (Wildman–Crippen LogP) is 3.14. The predicted molar refractivity (Wildman–Crippen MR) is 111 cm³/mol. The Labute approximate surface area is 179 Å². The second-order valence-corrected chi connectivity index (χ2v) is 7.74. The number of methoxy groups -OCH3 is 3. The molecule has 0 unspecified atom stereocenters. The van der Waals surface area contributed by atoms with Crippen LogP contribution in [-0.2, 0) is 9.63 Å². The zero-order chi connectivity index (χ0) is 21.7. The van der Waals surface area contributed by atoms with E-state index in [1.807, 2.05) is 24.3 Å². The van der Waals surface area contributed by atoms with Crippen molar-refractivity contribution in [2.75, 3.05) is 34.7 Å². The number of oxime groups is 1. The van der Waals surface area contributed by atoms with Crippen LogP contribution >= 0.6 is 0 Å². The van der Waals surface area contributed by atoms with Gasteiger partial charge in [-0.25, -0.2) is 0 Å². The summed E-state index contributed by atoms with van der Waals surface area (Å²) in [5.74, 6) is 2.14. The van der Waals surface area contributed by atoms with E-state index >= 15 is 0 Å². The summed E-state index contributed by atoms with van der Waals surface area (Å²) in [7, 11) is 4.71. The van der Waals surface area contributed by atoms with Crippen LogP contribution in [0.3, 0.4) is 0 Å². The molecular formula is C23H23NO7. The first-order valence-corrected chi connectivity index (χ1v) is 10.0. The normalized spacial score (nSPS) is 22.7. The SMILES string of the molecule is COc1cc([C@@H]2c3cc4c(cc3C3=NOC[C@H]3[C@@H]2C(C)=O)OCO4)cc(OC)c1OC. The summed E-state index contributed by atoms with van der Waals surface area (Å²) in [5, 5.41) is 4.28. The van der Waals surface area contributed by atoms with Gasteiger partial charge in [-0.2, -0.15) is 0 Å². The maximum atomic E-state index is 12.9. The number of hydrogen-bond acceptors (Lipinski definition) is 8. The van der Waals surface area contributed by atoms with Crippen LogP contribution in [-0.4, -0.2) is 46.2 Å². The van der Waals surface area contributed by atoms with E-state index in [4.69, 9.17) is 28.5 Å². The Bertz CT molecular complexity index is 1070. The largest absolute Gasteiger partial charge is 0.493 e. The third-order valence-corrected chi connectivity index (χ3v) is 6.23. The lowest BCUT2D eigenvalue weighted by atomic mass is 9.64. The van der Waals surface area contributed by atoms with Gasteiger partial charge in [0.2, 0.25) is 12.5 Å². The Morgan fingerprint density at radius 1 is 1.00 bits per heavy atom. The molecule has 0 amide bonds. The molecule has 8 heteroatoms. The zero-order valence-electron chi connectivity index (χ0n) is 17.8.